The fourth-order valence-electron chi connectivity index (χ4n) is 6.16. The number of esters is 1. The van der Waals surface area contributed by atoms with Crippen LogP contribution >= 0.6 is 0 Å². The Morgan fingerprint density at radius 3 is 2.49 bits per heavy atom. The number of ketones is 1. The van der Waals surface area contributed by atoms with Crippen LogP contribution in [-0.4, -0.2) is 60.1 Å². The summed E-state index contributed by atoms with van der Waals surface area (Å²) in [5.74, 6) is -1.16. The van der Waals surface area contributed by atoms with Gasteiger partial charge < -0.3 is 24.0 Å². The third-order valence-corrected chi connectivity index (χ3v) is 7.96. The molecule has 5 rings (SSSR count). The zero-order valence-corrected chi connectivity index (χ0v) is 24.0. The molecule has 0 amide bonds. The summed E-state index contributed by atoms with van der Waals surface area (Å²) in [6.45, 7) is 2.01. The standard InChI is InChI=1S/C33H36N2O6/c1-5-41-33(39)27(19-34(2)3)31(36)23-15-22-16-24(40-4)12-14-25(22)30-29(20-9-7-6-8-10-20)26-13-11-21(32(37)38)17-28(26)35(30)18-23/h11-17,19-20H,5-10,18H2,1-4H3,(H,37,38)/b27-19-. The van der Waals surface area contributed by atoms with E-state index in [4.69, 9.17) is 9.47 Å². The van der Waals surface area contributed by atoms with E-state index in [2.05, 4.69) is 4.57 Å². The van der Waals surface area contributed by atoms with Gasteiger partial charge in [0.05, 0.1) is 31.5 Å². The van der Waals surface area contributed by atoms with E-state index in [0.29, 0.717) is 17.2 Å². The molecule has 0 spiro atoms. The maximum absolute atomic E-state index is 14.1. The van der Waals surface area contributed by atoms with Crippen molar-refractivity contribution in [3.05, 3.63) is 70.4 Å². The molecule has 0 unspecified atom stereocenters. The Morgan fingerprint density at radius 2 is 1.83 bits per heavy atom. The molecule has 2 aliphatic rings. The Hall–Kier alpha value is -4.33. The number of ether oxygens (including phenoxy) is 2. The SMILES string of the molecule is CCOC(=O)/C(=C\N(C)C)C(=O)C1=Cc2cc(OC)ccc2-c2c(C3CCCCC3)c3ccc(C(=O)O)cc3n2C1. The second-order valence-electron chi connectivity index (χ2n) is 10.9. The molecule has 1 aromatic heterocycles. The minimum atomic E-state index is -1.01. The van der Waals surface area contributed by atoms with Crippen LogP contribution in [0.4, 0.5) is 0 Å². The van der Waals surface area contributed by atoms with Gasteiger partial charge in [0.2, 0.25) is 0 Å². The highest BCUT2D eigenvalue weighted by Crippen LogP contribution is 2.47. The van der Waals surface area contributed by atoms with Gasteiger partial charge in [0, 0.05) is 42.3 Å². The van der Waals surface area contributed by atoms with Gasteiger partial charge >= 0.3 is 11.9 Å². The van der Waals surface area contributed by atoms with E-state index in [1.54, 1.807) is 45.2 Å². The van der Waals surface area contributed by atoms with E-state index >= 15 is 0 Å². The van der Waals surface area contributed by atoms with Gasteiger partial charge in [0.15, 0.2) is 5.78 Å². The summed E-state index contributed by atoms with van der Waals surface area (Å²) in [5.41, 5.74) is 5.20. The first-order chi connectivity index (χ1) is 19.7. The highest BCUT2D eigenvalue weighted by atomic mass is 16.5. The molecule has 0 atom stereocenters. The van der Waals surface area contributed by atoms with Crippen molar-refractivity contribution in [3.63, 3.8) is 0 Å². The number of benzene rings is 2. The summed E-state index contributed by atoms with van der Waals surface area (Å²) in [4.78, 5) is 40.7. The zero-order valence-electron chi connectivity index (χ0n) is 24.0. The number of Topliss-reactive ketones (excluding diaryl/α,β-unsaturated/α-hetero) is 1. The van der Waals surface area contributed by atoms with Crippen LogP contribution in [0.2, 0.25) is 0 Å². The van der Waals surface area contributed by atoms with Gasteiger partial charge in [-0.3, -0.25) is 4.79 Å². The zero-order chi connectivity index (χ0) is 29.3. The number of aromatic nitrogens is 1. The van der Waals surface area contributed by atoms with E-state index in [9.17, 15) is 19.5 Å². The fraction of sp³-hybridized carbons (Fsp3) is 0.364. The number of hydrogen-bond donors (Lipinski definition) is 1. The van der Waals surface area contributed by atoms with Crippen molar-refractivity contribution in [1.82, 2.24) is 9.47 Å². The van der Waals surface area contributed by atoms with Crippen LogP contribution in [0.5, 0.6) is 5.75 Å². The third-order valence-electron chi connectivity index (χ3n) is 7.96. The van der Waals surface area contributed by atoms with Crippen LogP contribution in [0.15, 0.2) is 53.7 Å². The minimum absolute atomic E-state index is 0.0637. The minimum Gasteiger partial charge on any atom is -0.497 e. The van der Waals surface area contributed by atoms with Crippen molar-refractivity contribution in [2.24, 2.45) is 0 Å². The van der Waals surface area contributed by atoms with E-state index < -0.39 is 17.7 Å². The molecule has 0 saturated heterocycles. The van der Waals surface area contributed by atoms with Crippen LogP contribution in [-0.2, 0) is 20.9 Å². The van der Waals surface area contributed by atoms with Crippen LogP contribution in [0.1, 0.15) is 66.4 Å². The Kier molecular flexibility index (Phi) is 8.01. The number of aromatic carboxylic acids is 1. The molecule has 1 fully saturated rings. The molecule has 41 heavy (non-hydrogen) atoms. The Morgan fingerprint density at radius 1 is 1.07 bits per heavy atom. The highest BCUT2D eigenvalue weighted by Gasteiger charge is 2.32. The number of methoxy groups -OCH3 is 1. The van der Waals surface area contributed by atoms with Gasteiger partial charge in [-0.1, -0.05) is 25.3 Å². The van der Waals surface area contributed by atoms with Gasteiger partial charge in [-0.2, -0.15) is 0 Å². The number of carboxylic acid groups (broad SMARTS) is 1. The van der Waals surface area contributed by atoms with E-state index in [-0.39, 0.29) is 24.3 Å². The largest absolute Gasteiger partial charge is 0.497 e. The number of carbonyl (C=O) groups excluding carboxylic acids is 2. The molecule has 1 saturated carbocycles. The number of carboxylic acids is 1. The second-order valence-corrected chi connectivity index (χ2v) is 10.9. The molecular weight excluding hydrogens is 520 g/mol. The molecule has 1 N–H and O–H groups in total. The molecular formula is C33H36N2O6. The molecule has 3 aromatic rings. The van der Waals surface area contributed by atoms with Gasteiger partial charge in [0.1, 0.15) is 11.3 Å². The highest BCUT2D eigenvalue weighted by molar-refractivity contribution is 6.25. The predicted molar refractivity (Wildman–Crippen MR) is 158 cm³/mol. The lowest BCUT2D eigenvalue weighted by Crippen LogP contribution is -2.22. The Bertz CT molecular complexity index is 1590. The van der Waals surface area contributed by atoms with Crippen molar-refractivity contribution < 1.29 is 29.0 Å². The molecule has 0 bridgehead atoms. The van der Waals surface area contributed by atoms with E-state index in [0.717, 1.165) is 53.4 Å². The molecule has 214 valence electrons. The molecule has 2 heterocycles. The smallest absolute Gasteiger partial charge is 0.343 e. The monoisotopic (exact) mass is 556 g/mol. The summed E-state index contributed by atoms with van der Waals surface area (Å²) in [6.07, 6.45) is 8.90. The van der Waals surface area contributed by atoms with E-state index in [1.165, 1.54) is 18.2 Å². The van der Waals surface area contributed by atoms with Gasteiger partial charge in [-0.15, -0.1) is 0 Å². The van der Waals surface area contributed by atoms with Crippen molar-refractivity contribution in [2.75, 3.05) is 27.8 Å². The maximum atomic E-state index is 14.1. The van der Waals surface area contributed by atoms with Crippen molar-refractivity contribution in [3.8, 4) is 17.0 Å². The van der Waals surface area contributed by atoms with Crippen molar-refractivity contribution >= 4 is 34.7 Å². The molecule has 0 radical (unpaired) electrons. The lowest BCUT2D eigenvalue weighted by atomic mass is 9.81. The van der Waals surface area contributed by atoms with Gasteiger partial charge in [-0.05, 0) is 73.2 Å². The third kappa shape index (κ3) is 5.38. The molecule has 8 heteroatoms. The quantitative estimate of drug-likeness (QED) is 0.156. The summed E-state index contributed by atoms with van der Waals surface area (Å²) >= 11 is 0. The topological polar surface area (TPSA) is 98.1 Å². The fourth-order valence-corrected chi connectivity index (χ4v) is 6.16. The van der Waals surface area contributed by atoms with Gasteiger partial charge in [0.25, 0.3) is 0 Å². The number of nitrogens with zero attached hydrogens (tertiary/aromatic N) is 2. The van der Waals surface area contributed by atoms with Crippen LogP contribution in [0, 0.1) is 0 Å². The van der Waals surface area contributed by atoms with Crippen LogP contribution in [0.3, 0.4) is 0 Å². The molecule has 2 aromatic carbocycles. The summed E-state index contributed by atoms with van der Waals surface area (Å²) in [7, 11) is 5.09. The average Bonchev–Trinajstić information content (AvgIpc) is 3.18. The predicted octanol–water partition coefficient (Wildman–Crippen LogP) is 6.04. The normalized spacial score (nSPS) is 15.4. The van der Waals surface area contributed by atoms with Crippen molar-refractivity contribution in [2.45, 2.75) is 51.5 Å². The van der Waals surface area contributed by atoms with Gasteiger partial charge in [-0.25, -0.2) is 9.59 Å². The Labute approximate surface area is 239 Å². The maximum Gasteiger partial charge on any atom is 0.343 e. The summed E-state index contributed by atoms with van der Waals surface area (Å²) in [6, 6.07) is 11.1. The first-order valence-electron chi connectivity index (χ1n) is 14.1. The van der Waals surface area contributed by atoms with Crippen molar-refractivity contribution in [1.29, 1.82) is 0 Å². The number of fused-ring (bicyclic) bond motifs is 5. The van der Waals surface area contributed by atoms with Crippen LogP contribution in [0.25, 0.3) is 28.2 Å². The summed E-state index contributed by atoms with van der Waals surface area (Å²) in [5, 5.41) is 10.8. The first-order valence-corrected chi connectivity index (χ1v) is 14.1. The molecule has 1 aliphatic heterocycles. The molecule has 8 nitrogen and oxygen atoms in total. The number of hydrogen-bond acceptors (Lipinski definition) is 6. The second kappa shape index (κ2) is 11.6. The average molecular weight is 557 g/mol. The number of rotatable bonds is 8. The first kappa shape index (κ1) is 28.2. The summed E-state index contributed by atoms with van der Waals surface area (Å²) < 4.78 is 12.9. The number of allylic oxidation sites excluding steroid dienone is 1. The lowest BCUT2D eigenvalue weighted by Gasteiger charge is -2.24. The lowest BCUT2D eigenvalue weighted by molar-refractivity contribution is -0.139. The Balaban J connectivity index is 1.80. The van der Waals surface area contributed by atoms with Crippen LogP contribution < -0.4 is 4.74 Å². The molecule has 1 aliphatic carbocycles. The van der Waals surface area contributed by atoms with E-state index in [1.807, 2.05) is 30.3 Å². The number of carbonyl (C=O) groups is 3.